The Bertz CT molecular complexity index is 805. The van der Waals surface area contributed by atoms with E-state index in [1.54, 1.807) is 0 Å². The van der Waals surface area contributed by atoms with Gasteiger partial charge in [0.05, 0.1) is 6.61 Å². The van der Waals surface area contributed by atoms with Gasteiger partial charge in [0.2, 0.25) is 0 Å². The van der Waals surface area contributed by atoms with Crippen molar-refractivity contribution >= 4 is 11.6 Å². The molecular formula is C22H27NO3. The topological polar surface area (TPSA) is 46.6 Å². The second kappa shape index (κ2) is 4.05. The first kappa shape index (κ1) is 15.0. The van der Waals surface area contributed by atoms with Crippen molar-refractivity contribution in [1.29, 1.82) is 0 Å². The Labute approximate surface area is 154 Å². The summed E-state index contributed by atoms with van der Waals surface area (Å²) in [6.07, 6.45) is 5.85. The molecule has 0 amide bonds. The molecule has 4 heteroatoms. The predicted octanol–water partition coefficient (Wildman–Crippen LogP) is 2.57. The Kier molecular flexibility index (Phi) is 2.33. The molecule has 6 bridgehead atoms. The van der Waals surface area contributed by atoms with Crippen LogP contribution in [0.4, 0.5) is 0 Å². The minimum atomic E-state index is -0.114. The Balaban J connectivity index is 1.56. The molecule has 9 unspecified atom stereocenters. The molecule has 8 aliphatic rings. The summed E-state index contributed by atoms with van der Waals surface area (Å²) in [6, 6.07) is 0.381. The highest BCUT2D eigenvalue weighted by Gasteiger charge is 2.85. The maximum atomic E-state index is 13.7. The Morgan fingerprint density at radius 2 is 2.04 bits per heavy atom. The van der Waals surface area contributed by atoms with Crippen molar-refractivity contribution in [3.8, 4) is 0 Å². The van der Waals surface area contributed by atoms with Crippen molar-refractivity contribution in [2.75, 3.05) is 13.2 Å². The van der Waals surface area contributed by atoms with Gasteiger partial charge in [-0.05, 0) is 37.0 Å². The van der Waals surface area contributed by atoms with E-state index in [1.165, 1.54) is 0 Å². The van der Waals surface area contributed by atoms with Crippen LogP contribution in [-0.4, -0.2) is 41.9 Å². The molecule has 0 N–H and O–H groups in total. The third kappa shape index (κ3) is 1.18. The van der Waals surface area contributed by atoms with E-state index in [0.29, 0.717) is 29.9 Å². The molecule has 2 aliphatic heterocycles. The SMILES string of the molecule is C=C1CC23CC(=O)C4C5(C)CCCC46C(C2CC1C(=O)C36)N1CCOC15. The van der Waals surface area contributed by atoms with Crippen molar-refractivity contribution in [1.82, 2.24) is 4.90 Å². The van der Waals surface area contributed by atoms with Crippen molar-refractivity contribution in [2.45, 2.75) is 57.7 Å². The number of carbonyl (C=O) groups is 2. The van der Waals surface area contributed by atoms with Gasteiger partial charge in [-0.25, -0.2) is 0 Å². The summed E-state index contributed by atoms with van der Waals surface area (Å²) in [4.78, 5) is 30.0. The zero-order valence-corrected chi connectivity index (χ0v) is 15.5. The zero-order chi connectivity index (χ0) is 17.6. The lowest BCUT2D eigenvalue weighted by Gasteiger charge is -2.66. The number of carbonyl (C=O) groups excluding carboxylic acids is 2. The van der Waals surface area contributed by atoms with E-state index < -0.39 is 0 Å². The first-order valence-electron chi connectivity index (χ1n) is 10.6. The summed E-state index contributed by atoms with van der Waals surface area (Å²) in [5.41, 5.74) is 0.787. The van der Waals surface area contributed by atoms with Crippen molar-refractivity contribution in [3.05, 3.63) is 12.2 Å². The van der Waals surface area contributed by atoms with Crippen LogP contribution in [0.15, 0.2) is 12.2 Å². The average molecular weight is 353 g/mol. The van der Waals surface area contributed by atoms with Gasteiger partial charge < -0.3 is 4.74 Å². The van der Waals surface area contributed by atoms with Gasteiger partial charge in [-0.1, -0.05) is 25.5 Å². The fourth-order valence-electron chi connectivity index (χ4n) is 10.1. The van der Waals surface area contributed by atoms with Gasteiger partial charge in [0.1, 0.15) is 17.8 Å². The zero-order valence-electron chi connectivity index (χ0n) is 15.5. The summed E-state index contributed by atoms with van der Waals surface area (Å²) in [5, 5.41) is 0. The maximum Gasteiger partial charge on any atom is 0.144 e. The van der Waals surface area contributed by atoms with Crippen LogP contribution in [-0.2, 0) is 14.3 Å². The van der Waals surface area contributed by atoms with E-state index in [4.69, 9.17) is 4.74 Å². The average Bonchev–Trinajstić information content (AvgIpc) is 3.07. The van der Waals surface area contributed by atoms with Crippen LogP contribution < -0.4 is 0 Å². The Morgan fingerprint density at radius 1 is 1.19 bits per heavy atom. The summed E-state index contributed by atoms with van der Waals surface area (Å²) >= 11 is 0. The smallest absolute Gasteiger partial charge is 0.144 e. The summed E-state index contributed by atoms with van der Waals surface area (Å²) < 4.78 is 6.29. The largest absolute Gasteiger partial charge is 0.361 e. The van der Waals surface area contributed by atoms with Crippen LogP contribution in [0.1, 0.15) is 45.4 Å². The number of allylic oxidation sites excluding steroid dienone is 1. The molecule has 0 aromatic heterocycles. The number of hydrogen-bond acceptors (Lipinski definition) is 4. The quantitative estimate of drug-likeness (QED) is 0.628. The van der Waals surface area contributed by atoms with Gasteiger partial charge in [0, 0.05) is 47.6 Å². The third-order valence-electron chi connectivity index (χ3n) is 10.1. The molecule has 2 saturated heterocycles. The number of ether oxygens (including phenoxy) is 1. The molecule has 26 heavy (non-hydrogen) atoms. The van der Waals surface area contributed by atoms with E-state index >= 15 is 0 Å². The monoisotopic (exact) mass is 353 g/mol. The first-order chi connectivity index (χ1) is 12.4. The van der Waals surface area contributed by atoms with Crippen LogP contribution in [0, 0.1) is 39.9 Å². The molecule has 8 fully saturated rings. The summed E-state index contributed by atoms with van der Waals surface area (Å²) in [6.45, 7) is 8.35. The highest BCUT2D eigenvalue weighted by Crippen LogP contribution is 2.82. The van der Waals surface area contributed by atoms with Gasteiger partial charge in [-0.3, -0.25) is 14.5 Å². The lowest BCUT2D eigenvalue weighted by Crippen LogP contribution is -2.72. The molecular weight excluding hydrogens is 326 g/mol. The molecule has 0 aromatic rings. The molecule has 2 spiro atoms. The third-order valence-corrected chi connectivity index (χ3v) is 10.1. The summed E-state index contributed by atoms with van der Waals surface area (Å²) in [7, 11) is 0. The Morgan fingerprint density at radius 3 is 2.88 bits per heavy atom. The Hall–Kier alpha value is -1.00. The van der Waals surface area contributed by atoms with Crippen LogP contribution in [0.3, 0.4) is 0 Å². The van der Waals surface area contributed by atoms with Gasteiger partial charge in [-0.15, -0.1) is 0 Å². The van der Waals surface area contributed by atoms with Crippen LogP contribution in [0.2, 0.25) is 0 Å². The number of Topliss-reactive ketones (excluding diaryl/α,β-unsaturated/α-hetero) is 2. The molecule has 9 atom stereocenters. The van der Waals surface area contributed by atoms with E-state index in [1.807, 2.05) is 0 Å². The maximum absolute atomic E-state index is 13.7. The lowest BCUT2D eigenvalue weighted by molar-refractivity contribution is -0.231. The second-order valence-corrected chi connectivity index (χ2v) is 10.8. The molecule has 8 rings (SSSR count). The van der Waals surface area contributed by atoms with Gasteiger partial charge in [0.25, 0.3) is 0 Å². The van der Waals surface area contributed by atoms with E-state index in [0.717, 1.165) is 50.8 Å². The standard InChI is InChI=1S/C22H27NO3/c1-11-9-21-10-14(24)16-20(2)4-3-5-22(16)17(21)15(25)12(11)8-13(21)18(22)23-6-7-26-19(20)23/h12-13,16-19H,1,3-10H2,2H3. The van der Waals surface area contributed by atoms with Crippen LogP contribution in [0.5, 0.6) is 0 Å². The first-order valence-corrected chi connectivity index (χ1v) is 10.6. The number of piperidine rings is 1. The number of nitrogens with zero attached hydrogens (tertiary/aromatic N) is 1. The van der Waals surface area contributed by atoms with Crippen molar-refractivity contribution < 1.29 is 14.3 Å². The predicted molar refractivity (Wildman–Crippen MR) is 94.0 cm³/mol. The normalized spacial score (nSPS) is 62.0. The minimum Gasteiger partial charge on any atom is -0.361 e. The molecule has 6 aliphatic carbocycles. The van der Waals surface area contributed by atoms with E-state index in [9.17, 15) is 9.59 Å². The fourth-order valence-corrected chi connectivity index (χ4v) is 10.1. The molecule has 0 aromatic carbocycles. The summed E-state index contributed by atoms with van der Waals surface area (Å²) in [5.74, 6) is 1.60. The van der Waals surface area contributed by atoms with Crippen molar-refractivity contribution in [3.63, 3.8) is 0 Å². The molecule has 0 radical (unpaired) electrons. The van der Waals surface area contributed by atoms with E-state index in [-0.39, 0.29) is 40.2 Å². The second-order valence-electron chi connectivity index (χ2n) is 10.8. The molecule has 2 heterocycles. The van der Waals surface area contributed by atoms with Crippen LogP contribution >= 0.6 is 0 Å². The highest BCUT2D eigenvalue weighted by atomic mass is 16.5. The molecule has 6 saturated carbocycles. The minimum absolute atomic E-state index is 0.0327. The molecule has 4 nitrogen and oxygen atoms in total. The van der Waals surface area contributed by atoms with Gasteiger partial charge in [0.15, 0.2) is 0 Å². The number of fused-ring (bicyclic) bond motifs is 4. The van der Waals surface area contributed by atoms with Crippen molar-refractivity contribution in [2.24, 2.45) is 39.9 Å². The lowest BCUT2D eigenvalue weighted by atomic mass is 9.39. The number of rotatable bonds is 0. The van der Waals surface area contributed by atoms with E-state index in [2.05, 4.69) is 18.4 Å². The van der Waals surface area contributed by atoms with Gasteiger partial charge in [-0.2, -0.15) is 0 Å². The highest BCUT2D eigenvalue weighted by molar-refractivity contribution is 5.97. The van der Waals surface area contributed by atoms with Crippen LogP contribution in [0.25, 0.3) is 0 Å². The molecule has 138 valence electrons. The number of ketones is 2. The number of hydrogen-bond donors (Lipinski definition) is 0. The van der Waals surface area contributed by atoms with Gasteiger partial charge >= 0.3 is 0 Å². The fraction of sp³-hybridized carbons (Fsp3) is 0.818.